The van der Waals surface area contributed by atoms with Gasteiger partial charge in [-0.1, -0.05) is 11.6 Å². The van der Waals surface area contributed by atoms with E-state index in [1.165, 1.54) is 10.6 Å². The molecule has 1 aliphatic rings. The smallest absolute Gasteiger partial charge is 0.227 e. The fourth-order valence-electron chi connectivity index (χ4n) is 2.41. The van der Waals surface area contributed by atoms with E-state index in [9.17, 15) is 13.2 Å². The Bertz CT molecular complexity index is 655. The molecule has 1 aromatic rings. The van der Waals surface area contributed by atoms with E-state index in [0.29, 0.717) is 42.4 Å². The fraction of sp³-hybridized carbons (Fsp3) is 0.500. The second-order valence-corrected chi connectivity index (χ2v) is 7.66. The maximum Gasteiger partial charge on any atom is 0.227 e. The third-order valence-electron chi connectivity index (χ3n) is 3.73. The average Bonchev–Trinajstić information content (AvgIpc) is 2.48. The lowest BCUT2D eigenvalue weighted by Crippen LogP contribution is -2.40. The van der Waals surface area contributed by atoms with Crippen molar-refractivity contribution in [2.75, 3.05) is 31.8 Å². The van der Waals surface area contributed by atoms with Crippen LogP contribution in [0.5, 0.6) is 5.75 Å². The number of carbonyl (C=O) groups excluding carboxylic acids is 1. The Morgan fingerprint density at radius 3 is 2.50 bits per heavy atom. The van der Waals surface area contributed by atoms with E-state index in [2.05, 4.69) is 5.32 Å². The monoisotopic (exact) mass is 346 g/mol. The Morgan fingerprint density at radius 2 is 2.00 bits per heavy atom. The molecule has 0 unspecified atom stereocenters. The van der Waals surface area contributed by atoms with Crippen molar-refractivity contribution in [1.29, 1.82) is 0 Å². The number of hydrogen-bond donors (Lipinski definition) is 1. The van der Waals surface area contributed by atoms with Gasteiger partial charge in [0.2, 0.25) is 15.9 Å². The Labute approximate surface area is 135 Å². The van der Waals surface area contributed by atoms with Gasteiger partial charge in [-0.3, -0.25) is 4.79 Å². The van der Waals surface area contributed by atoms with Crippen LogP contribution in [-0.4, -0.2) is 45.1 Å². The molecule has 22 heavy (non-hydrogen) atoms. The summed E-state index contributed by atoms with van der Waals surface area (Å²) in [5.41, 5.74) is 0.526. The first-order valence-corrected chi connectivity index (χ1v) is 9.13. The molecule has 0 atom stereocenters. The summed E-state index contributed by atoms with van der Waals surface area (Å²) in [4.78, 5) is 12.3. The quantitative estimate of drug-likeness (QED) is 0.904. The summed E-state index contributed by atoms with van der Waals surface area (Å²) < 4.78 is 29.4. The highest BCUT2D eigenvalue weighted by atomic mass is 35.5. The third-order valence-corrected chi connectivity index (χ3v) is 5.34. The van der Waals surface area contributed by atoms with E-state index in [-0.39, 0.29) is 11.8 Å². The van der Waals surface area contributed by atoms with Gasteiger partial charge in [-0.15, -0.1) is 0 Å². The van der Waals surface area contributed by atoms with Gasteiger partial charge in [-0.2, -0.15) is 0 Å². The van der Waals surface area contributed by atoms with E-state index in [1.807, 2.05) is 0 Å². The molecule has 1 saturated heterocycles. The number of rotatable bonds is 4. The number of nitrogens with one attached hydrogen (secondary N) is 1. The highest BCUT2D eigenvalue weighted by molar-refractivity contribution is 7.88. The fourth-order valence-corrected chi connectivity index (χ4v) is 3.50. The molecule has 6 nitrogen and oxygen atoms in total. The first kappa shape index (κ1) is 17.1. The Balaban J connectivity index is 1.96. The van der Waals surface area contributed by atoms with Gasteiger partial charge in [-0.25, -0.2) is 12.7 Å². The van der Waals surface area contributed by atoms with Crippen LogP contribution in [0.15, 0.2) is 18.2 Å². The number of sulfonamides is 1. The van der Waals surface area contributed by atoms with Crippen molar-refractivity contribution in [2.24, 2.45) is 5.92 Å². The zero-order valence-corrected chi connectivity index (χ0v) is 14.1. The molecule has 1 aromatic carbocycles. The number of carbonyl (C=O) groups is 1. The van der Waals surface area contributed by atoms with Crippen molar-refractivity contribution in [1.82, 2.24) is 4.31 Å². The van der Waals surface area contributed by atoms with Crippen LogP contribution in [0.25, 0.3) is 0 Å². The lowest BCUT2D eigenvalue weighted by molar-refractivity contribution is -0.120. The maximum atomic E-state index is 12.3. The van der Waals surface area contributed by atoms with Crippen LogP contribution in [0.4, 0.5) is 5.69 Å². The lowest BCUT2D eigenvalue weighted by atomic mass is 9.97. The number of amides is 1. The zero-order chi connectivity index (χ0) is 16.3. The van der Waals surface area contributed by atoms with Gasteiger partial charge in [0.25, 0.3) is 0 Å². The summed E-state index contributed by atoms with van der Waals surface area (Å²) in [6, 6.07) is 5.03. The minimum atomic E-state index is -3.18. The van der Waals surface area contributed by atoms with Gasteiger partial charge >= 0.3 is 0 Å². The standard InChI is InChI=1S/C14H19ClN2O4S/c1-21-11-3-4-13(12(15)9-11)16-14(18)10-5-7-17(8-6-10)22(2,19)20/h3-4,9-10H,5-8H2,1-2H3,(H,16,18). The van der Waals surface area contributed by atoms with Gasteiger partial charge in [-0.05, 0) is 25.0 Å². The SMILES string of the molecule is COc1ccc(NC(=O)C2CCN(S(C)(=O)=O)CC2)c(Cl)c1. The number of halogens is 1. The van der Waals surface area contributed by atoms with E-state index in [4.69, 9.17) is 16.3 Å². The molecule has 2 rings (SSSR count). The highest BCUT2D eigenvalue weighted by Gasteiger charge is 2.29. The average molecular weight is 347 g/mol. The van der Waals surface area contributed by atoms with Crippen LogP contribution < -0.4 is 10.1 Å². The number of hydrogen-bond acceptors (Lipinski definition) is 4. The molecule has 0 aromatic heterocycles. The van der Waals surface area contributed by atoms with Crippen LogP contribution in [0, 0.1) is 5.92 Å². The molecule has 0 spiro atoms. The molecule has 1 N–H and O–H groups in total. The van der Waals surface area contributed by atoms with E-state index in [0.717, 1.165) is 0 Å². The number of ether oxygens (including phenoxy) is 1. The van der Waals surface area contributed by atoms with Crippen LogP contribution >= 0.6 is 11.6 Å². The summed E-state index contributed by atoms with van der Waals surface area (Å²) in [5.74, 6) is 0.265. The van der Waals surface area contributed by atoms with Crippen LogP contribution in [0.3, 0.4) is 0 Å². The van der Waals surface area contributed by atoms with E-state index in [1.54, 1.807) is 25.3 Å². The molecule has 8 heteroatoms. The first-order chi connectivity index (χ1) is 10.3. The largest absolute Gasteiger partial charge is 0.497 e. The van der Waals surface area contributed by atoms with Crippen molar-refractivity contribution in [3.8, 4) is 5.75 Å². The number of nitrogens with zero attached hydrogens (tertiary/aromatic N) is 1. The van der Waals surface area contributed by atoms with E-state index < -0.39 is 10.0 Å². The minimum Gasteiger partial charge on any atom is -0.497 e. The van der Waals surface area contributed by atoms with Crippen LogP contribution in [0.1, 0.15) is 12.8 Å². The second-order valence-electron chi connectivity index (χ2n) is 5.27. The first-order valence-electron chi connectivity index (χ1n) is 6.91. The summed E-state index contributed by atoms with van der Waals surface area (Å²) in [5, 5.41) is 3.19. The van der Waals surface area contributed by atoms with Gasteiger partial charge in [0.15, 0.2) is 0 Å². The van der Waals surface area contributed by atoms with Gasteiger partial charge in [0.05, 0.1) is 24.1 Å². The molecular weight excluding hydrogens is 328 g/mol. The second kappa shape index (κ2) is 6.85. The zero-order valence-electron chi connectivity index (χ0n) is 12.5. The summed E-state index contributed by atoms with van der Waals surface area (Å²) in [7, 11) is -1.64. The number of anilines is 1. The molecule has 0 saturated carbocycles. The Morgan fingerprint density at radius 1 is 1.36 bits per heavy atom. The number of benzene rings is 1. The van der Waals surface area contributed by atoms with Crippen molar-refractivity contribution in [3.63, 3.8) is 0 Å². The van der Waals surface area contributed by atoms with Crippen molar-refractivity contribution < 1.29 is 17.9 Å². The molecule has 1 amide bonds. The minimum absolute atomic E-state index is 0.139. The summed E-state index contributed by atoms with van der Waals surface area (Å²) >= 11 is 6.09. The molecule has 1 aliphatic heterocycles. The predicted octanol–water partition coefficient (Wildman–Crippen LogP) is 1.96. The highest BCUT2D eigenvalue weighted by Crippen LogP contribution is 2.28. The predicted molar refractivity (Wildman–Crippen MR) is 85.8 cm³/mol. The molecule has 1 fully saturated rings. The Kier molecular flexibility index (Phi) is 5.31. The molecular formula is C14H19ClN2O4S. The van der Waals surface area contributed by atoms with E-state index >= 15 is 0 Å². The maximum absolute atomic E-state index is 12.3. The molecule has 0 bridgehead atoms. The van der Waals surface area contributed by atoms with Crippen molar-refractivity contribution >= 4 is 33.2 Å². The third kappa shape index (κ3) is 4.12. The number of methoxy groups -OCH3 is 1. The van der Waals surface area contributed by atoms with Gasteiger partial charge in [0, 0.05) is 25.1 Å². The lowest BCUT2D eigenvalue weighted by Gasteiger charge is -2.29. The molecule has 0 radical (unpaired) electrons. The van der Waals surface area contributed by atoms with Crippen molar-refractivity contribution in [3.05, 3.63) is 23.2 Å². The Hall–Kier alpha value is -1.31. The summed E-state index contributed by atoms with van der Waals surface area (Å²) in [6.45, 7) is 0.737. The van der Waals surface area contributed by atoms with Gasteiger partial charge in [0.1, 0.15) is 5.75 Å². The topological polar surface area (TPSA) is 75.7 Å². The number of piperidine rings is 1. The summed E-state index contributed by atoms with van der Waals surface area (Å²) in [6.07, 6.45) is 2.20. The van der Waals surface area contributed by atoms with Crippen molar-refractivity contribution in [2.45, 2.75) is 12.8 Å². The molecule has 122 valence electrons. The molecule has 0 aliphatic carbocycles. The van der Waals surface area contributed by atoms with Gasteiger partial charge < -0.3 is 10.1 Å². The molecule has 1 heterocycles. The van der Waals surface area contributed by atoms with Crippen LogP contribution in [-0.2, 0) is 14.8 Å². The normalized spacial score (nSPS) is 17.2. The van der Waals surface area contributed by atoms with Crippen LogP contribution in [0.2, 0.25) is 5.02 Å².